The molecule has 1 aromatic rings. The van der Waals surface area contributed by atoms with Gasteiger partial charge in [0, 0.05) is 37.2 Å². The lowest BCUT2D eigenvalue weighted by atomic mass is 10.0. The van der Waals surface area contributed by atoms with E-state index < -0.39 is 0 Å². The Balaban J connectivity index is 1.69. The van der Waals surface area contributed by atoms with Gasteiger partial charge >= 0.3 is 6.03 Å². The van der Waals surface area contributed by atoms with Crippen molar-refractivity contribution in [2.75, 3.05) is 18.8 Å². The first-order valence-electron chi connectivity index (χ1n) is 9.11. The molecule has 1 aromatic heterocycles. The van der Waals surface area contributed by atoms with Gasteiger partial charge < -0.3 is 15.5 Å². The molecule has 6 heteroatoms. The van der Waals surface area contributed by atoms with E-state index in [1.807, 2.05) is 15.6 Å². The highest BCUT2D eigenvalue weighted by molar-refractivity contribution is 5.77. The average molecular weight is 333 g/mol. The number of amides is 2. The monoisotopic (exact) mass is 333 g/mol. The van der Waals surface area contributed by atoms with E-state index in [9.17, 15) is 4.79 Å². The van der Waals surface area contributed by atoms with E-state index in [-0.39, 0.29) is 17.6 Å². The van der Waals surface area contributed by atoms with Gasteiger partial charge in [0.05, 0.1) is 11.2 Å². The molecule has 2 heterocycles. The molecule has 1 aliphatic carbocycles. The number of hydrogen-bond donors (Lipinski definition) is 1. The molecule has 2 aliphatic rings. The van der Waals surface area contributed by atoms with Crippen LogP contribution in [0.5, 0.6) is 0 Å². The Bertz CT molecular complexity index is 615. The van der Waals surface area contributed by atoms with Gasteiger partial charge in [0.2, 0.25) is 0 Å². The van der Waals surface area contributed by atoms with Gasteiger partial charge in [-0.1, -0.05) is 0 Å². The smallest absolute Gasteiger partial charge is 0.320 e. The first-order valence-corrected chi connectivity index (χ1v) is 9.11. The van der Waals surface area contributed by atoms with Crippen LogP contribution in [-0.2, 0) is 5.54 Å². The number of urea groups is 1. The summed E-state index contributed by atoms with van der Waals surface area (Å²) in [7, 11) is 0. The van der Waals surface area contributed by atoms with Crippen LogP contribution in [0, 0.1) is 0 Å². The Hall–Kier alpha value is -1.72. The molecule has 2 fully saturated rings. The molecule has 6 nitrogen and oxygen atoms in total. The zero-order valence-electron chi connectivity index (χ0n) is 15.6. The summed E-state index contributed by atoms with van der Waals surface area (Å²) in [5.41, 5.74) is 7.13. The van der Waals surface area contributed by atoms with Gasteiger partial charge in [-0.2, -0.15) is 5.10 Å². The molecule has 1 aliphatic heterocycles. The Labute approximate surface area is 145 Å². The van der Waals surface area contributed by atoms with Crippen LogP contribution in [0.4, 0.5) is 10.6 Å². The second-order valence-electron chi connectivity index (χ2n) is 8.50. The molecule has 134 valence electrons. The van der Waals surface area contributed by atoms with Gasteiger partial charge in [0.15, 0.2) is 0 Å². The third-order valence-corrected chi connectivity index (χ3v) is 5.35. The van der Waals surface area contributed by atoms with Crippen LogP contribution >= 0.6 is 0 Å². The molecule has 2 atom stereocenters. The number of carbonyl (C=O) groups is 1. The van der Waals surface area contributed by atoms with E-state index in [4.69, 9.17) is 10.8 Å². The fourth-order valence-electron chi connectivity index (χ4n) is 4.05. The third-order valence-electron chi connectivity index (χ3n) is 5.35. The van der Waals surface area contributed by atoms with Crippen LogP contribution in [0.1, 0.15) is 65.5 Å². The lowest BCUT2D eigenvalue weighted by molar-refractivity contribution is 0.170. The second kappa shape index (κ2) is 5.97. The number of nitrogens with zero attached hydrogens (tertiary/aromatic N) is 4. The van der Waals surface area contributed by atoms with Crippen molar-refractivity contribution in [1.82, 2.24) is 19.6 Å². The van der Waals surface area contributed by atoms with Crippen molar-refractivity contribution in [2.45, 2.75) is 77.4 Å². The summed E-state index contributed by atoms with van der Waals surface area (Å²) in [6.45, 7) is 12.2. The van der Waals surface area contributed by atoms with Crippen molar-refractivity contribution in [3.63, 3.8) is 0 Å². The van der Waals surface area contributed by atoms with E-state index >= 15 is 0 Å². The van der Waals surface area contributed by atoms with Crippen LogP contribution in [0.2, 0.25) is 0 Å². The van der Waals surface area contributed by atoms with E-state index in [0.717, 1.165) is 43.9 Å². The van der Waals surface area contributed by atoms with Crippen LogP contribution < -0.4 is 5.73 Å². The average Bonchev–Trinajstić information content (AvgIpc) is 3.14. The van der Waals surface area contributed by atoms with E-state index in [1.165, 1.54) is 0 Å². The Morgan fingerprint density at radius 3 is 2.50 bits per heavy atom. The number of rotatable bonds is 3. The number of nitrogens with two attached hydrogens (primary N) is 1. The normalized spacial score (nSPS) is 25.3. The zero-order valence-corrected chi connectivity index (χ0v) is 15.6. The van der Waals surface area contributed by atoms with E-state index in [0.29, 0.717) is 12.0 Å². The molecule has 0 spiro atoms. The second-order valence-corrected chi connectivity index (χ2v) is 8.50. The number of aromatic nitrogens is 2. The van der Waals surface area contributed by atoms with Gasteiger partial charge in [0.1, 0.15) is 5.82 Å². The number of carbonyl (C=O) groups excluding carboxylic acids is 1. The van der Waals surface area contributed by atoms with Crippen LogP contribution in [0.15, 0.2) is 6.07 Å². The maximum absolute atomic E-state index is 12.6. The van der Waals surface area contributed by atoms with Crippen molar-refractivity contribution in [3.8, 4) is 0 Å². The van der Waals surface area contributed by atoms with Gasteiger partial charge in [-0.3, -0.25) is 0 Å². The highest BCUT2D eigenvalue weighted by atomic mass is 16.2. The standard InChI is InChI=1S/C18H31N5O/c1-12(2)21-8-9-22(17(21)24)14-7-6-13(10-14)15-11-16(19)23(20-15)18(3,4)5/h11-14H,6-10,19H2,1-5H3/t13-,14+/m1/s1. The molecule has 2 amide bonds. The molecule has 3 rings (SSSR count). The molecular formula is C18H31N5O. The summed E-state index contributed by atoms with van der Waals surface area (Å²) in [5.74, 6) is 1.13. The topological polar surface area (TPSA) is 67.4 Å². The number of hydrogen-bond acceptors (Lipinski definition) is 3. The lowest BCUT2D eigenvalue weighted by Gasteiger charge is -2.26. The summed E-state index contributed by atoms with van der Waals surface area (Å²) in [5, 5.41) is 4.76. The third kappa shape index (κ3) is 2.98. The van der Waals surface area contributed by atoms with Crippen molar-refractivity contribution < 1.29 is 4.79 Å². The zero-order chi connectivity index (χ0) is 17.6. The molecule has 1 saturated carbocycles. The van der Waals surface area contributed by atoms with E-state index in [1.54, 1.807) is 0 Å². The highest BCUT2D eigenvalue weighted by Gasteiger charge is 2.39. The SMILES string of the molecule is CC(C)N1CCN([C@H]2CC[C@@H](c3cc(N)n(C(C)(C)C)n3)C2)C1=O. The fourth-order valence-corrected chi connectivity index (χ4v) is 4.05. The summed E-state index contributed by atoms with van der Waals surface area (Å²) in [6.07, 6.45) is 3.14. The molecule has 24 heavy (non-hydrogen) atoms. The molecular weight excluding hydrogens is 302 g/mol. The highest BCUT2D eigenvalue weighted by Crippen LogP contribution is 2.38. The predicted molar refractivity (Wildman–Crippen MR) is 96.0 cm³/mol. The molecule has 0 aromatic carbocycles. The largest absolute Gasteiger partial charge is 0.384 e. The summed E-state index contributed by atoms with van der Waals surface area (Å²) in [6, 6.07) is 2.84. The number of nitrogen functional groups attached to an aromatic ring is 1. The van der Waals surface area contributed by atoms with Crippen LogP contribution in [-0.4, -0.2) is 50.8 Å². The minimum Gasteiger partial charge on any atom is -0.384 e. The number of anilines is 1. The molecule has 2 N–H and O–H groups in total. The van der Waals surface area contributed by atoms with Crippen molar-refractivity contribution in [1.29, 1.82) is 0 Å². The summed E-state index contributed by atoms with van der Waals surface area (Å²) >= 11 is 0. The van der Waals surface area contributed by atoms with Crippen LogP contribution in [0.3, 0.4) is 0 Å². The maximum atomic E-state index is 12.6. The van der Waals surface area contributed by atoms with Crippen molar-refractivity contribution in [2.24, 2.45) is 0 Å². The lowest BCUT2D eigenvalue weighted by Crippen LogP contribution is -2.40. The summed E-state index contributed by atoms with van der Waals surface area (Å²) in [4.78, 5) is 16.6. The maximum Gasteiger partial charge on any atom is 0.320 e. The minimum atomic E-state index is -0.108. The first kappa shape index (κ1) is 17.1. The molecule has 0 bridgehead atoms. The Morgan fingerprint density at radius 2 is 1.96 bits per heavy atom. The Morgan fingerprint density at radius 1 is 1.25 bits per heavy atom. The summed E-state index contributed by atoms with van der Waals surface area (Å²) < 4.78 is 1.91. The fraction of sp³-hybridized carbons (Fsp3) is 0.778. The van der Waals surface area contributed by atoms with Gasteiger partial charge in [0.25, 0.3) is 0 Å². The first-order chi connectivity index (χ1) is 11.2. The molecule has 0 radical (unpaired) electrons. The van der Waals surface area contributed by atoms with Crippen molar-refractivity contribution >= 4 is 11.8 Å². The van der Waals surface area contributed by atoms with Gasteiger partial charge in [-0.05, 0) is 53.9 Å². The minimum absolute atomic E-state index is 0.108. The van der Waals surface area contributed by atoms with Crippen LogP contribution in [0.25, 0.3) is 0 Å². The molecule has 1 saturated heterocycles. The van der Waals surface area contributed by atoms with Crippen molar-refractivity contribution in [3.05, 3.63) is 11.8 Å². The quantitative estimate of drug-likeness (QED) is 0.924. The Kier molecular flexibility index (Phi) is 4.26. The van der Waals surface area contributed by atoms with E-state index in [2.05, 4.69) is 39.5 Å². The van der Waals surface area contributed by atoms with Gasteiger partial charge in [-0.25, -0.2) is 9.48 Å². The molecule has 0 unspecified atom stereocenters. The van der Waals surface area contributed by atoms with Gasteiger partial charge in [-0.15, -0.1) is 0 Å². The predicted octanol–water partition coefficient (Wildman–Crippen LogP) is 3.00.